The molecule has 1 aliphatic carbocycles. The van der Waals surface area contributed by atoms with Crippen molar-refractivity contribution in [2.24, 2.45) is 0 Å². The van der Waals surface area contributed by atoms with Crippen LogP contribution in [0.5, 0.6) is 11.6 Å². The molecular formula is C18H14ClNO3S. The summed E-state index contributed by atoms with van der Waals surface area (Å²) in [6.45, 7) is 0. The highest BCUT2D eigenvalue weighted by Gasteiger charge is 2.25. The Kier molecular flexibility index (Phi) is 3.92. The Labute approximate surface area is 147 Å². The second-order valence-corrected chi connectivity index (χ2v) is 7.21. The summed E-state index contributed by atoms with van der Waals surface area (Å²) in [7, 11) is -1.54. The summed E-state index contributed by atoms with van der Waals surface area (Å²) in [5.74, 6) is 0.536. The molecule has 2 aromatic carbocycles. The average molecular weight is 360 g/mol. The van der Waals surface area contributed by atoms with E-state index in [0.717, 1.165) is 34.7 Å². The minimum absolute atomic E-state index is 0.00300. The second-order valence-electron chi connectivity index (χ2n) is 5.68. The van der Waals surface area contributed by atoms with Crippen LogP contribution in [-0.4, -0.2) is 14.0 Å². The molecule has 1 N–H and O–H groups in total. The van der Waals surface area contributed by atoms with E-state index in [0.29, 0.717) is 4.88 Å². The van der Waals surface area contributed by atoms with E-state index in [9.17, 15) is 9.66 Å². The van der Waals surface area contributed by atoms with E-state index >= 15 is 0 Å². The van der Waals surface area contributed by atoms with E-state index in [1.165, 1.54) is 11.6 Å². The fourth-order valence-electron chi connectivity index (χ4n) is 3.07. The van der Waals surface area contributed by atoms with E-state index in [1.54, 1.807) is 0 Å². The van der Waals surface area contributed by atoms with Crippen LogP contribution in [0.25, 0.3) is 10.4 Å². The molecule has 4 nitrogen and oxygen atoms in total. The molecular weight excluding hydrogens is 346 g/mol. The number of fused-ring (bicyclic) bond motifs is 1. The first-order chi connectivity index (χ1) is 11.6. The number of halogens is 1. The van der Waals surface area contributed by atoms with E-state index < -0.39 is 10.9 Å². The Morgan fingerprint density at radius 2 is 2.00 bits per heavy atom. The lowest BCUT2D eigenvalue weighted by molar-refractivity contribution is 0.207. The first-order valence-corrected chi connectivity index (χ1v) is 9.06. The van der Waals surface area contributed by atoms with Gasteiger partial charge in [-0.2, -0.15) is 0 Å². The van der Waals surface area contributed by atoms with Crippen molar-refractivity contribution in [3.8, 4) is 22.1 Å². The predicted octanol–water partition coefficient (Wildman–Crippen LogP) is 4.90. The van der Waals surface area contributed by atoms with Gasteiger partial charge in [-0.1, -0.05) is 23.7 Å². The summed E-state index contributed by atoms with van der Waals surface area (Å²) < 4.78 is 21.5. The van der Waals surface area contributed by atoms with Gasteiger partial charge in [-0.05, 0) is 54.3 Å². The Hall–Kier alpha value is -2.08. The lowest BCUT2D eigenvalue weighted by Gasteiger charge is -2.15. The zero-order chi connectivity index (χ0) is 16.7. The topological polar surface area (TPSA) is 65.4 Å². The summed E-state index contributed by atoms with van der Waals surface area (Å²) in [5, 5.41) is 10.1. The molecule has 3 aromatic rings. The van der Waals surface area contributed by atoms with Gasteiger partial charge in [-0.15, -0.1) is 0 Å². The van der Waals surface area contributed by atoms with E-state index in [4.69, 9.17) is 16.3 Å². The first kappa shape index (κ1) is 15.4. The van der Waals surface area contributed by atoms with Gasteiger partial charge in [0.05, 0.1) is 17.0 Å². The summed E-state index contributed by atoms with van der Waals surface area (Å²) in [6, 6.07) is 14.6. The Balaban J connectivity index is 1.55. The molecule has 0 amide bonds. The van der Waals surface area contributed by atoms with E-state index in [-0.39, 0.29) is 12.0 Å². The smallest absolute Gasteiger partial charge is 0.270 e. The normalized spacial score (nSPS) is 16.9. The van der Waals surface area contributed by atoms with Gasteiger partial charge in [0.1, 0.15) is 11.9 Å². The molecule has 4 rings (SSSR count). The monoisotopic (exact) mass is 359 g/mol. The Morgan fingerprint density at radius 3 is 2.71 bits per heavy atom. The zero-order valence-corrected chi connectivity index (χ0v) is 14.2. The maximum atomic E-state index is 11.8. The Bertz CT molecular complexity index is 892. The number of benzene rings is 2. The molecule has 122 valence electrons. The minimum atomic E-state index is -1.54. The van der Waals surface area contributed by atoms with Crippen LogP contribution in [0.3, 0.4) is 0 Å². The van der Waals surface area contributed by atoms with Gasteiger partial charge >= 0.3 is 0 Å². The van der Waals surface area contributed by atoms with E-state index in [2.05, 4.69) is 10.4 Å². The van der Waals surface area contributed by atoms with Gasteiger partial charge in [-0.25, -0.2) is 0 Å². The van der Waals surface area contributed by atoms with Crippen molar-refractivity contribution in [1.82, 2.24) is 4.37 Å². The number of ether oxygens (including phenoxy) is 1. The molecule has 0 bridgehead atoms. The fraction of sp³-hybridized carbons (Fsp3) is 0.167. The van der Waals surface area contributed by atoms with Crippen molar-refractivity contribution in [1.29, 1.82) is 0 Å². The highest BCUT2D eigenvalue weighted by atomic mass is 35.5. The van der Waals surface area contributed by atoms with Crippen molar-refractivity contribution in [2.75, 3.05) is 0 Å². The number of rotatable bonds is 3. The van der Waals surface area contributed by atoms with Crippen LogP contribution in [-0.2, 0) is 6.42 Å². The van der Waals surface area contributed by atoms with Gasteiger partial charge in [0.25, 0.3) is 5.88 Å². The SMILES string of the molecule is [O-][s+]1nc(O)cc1-c1ccc(OC2CCc3c(Cl)cccc32)cc1. The lowest BCUT2D eigenvalue weighted by Crippen LogP contribution is -2.03. The number of aromatic nitrogens is 1. The third kappa shape index (κ3) is 2.75. The van der Waals surface area contributed by atoms with Crippen molar-refractivity contribution in [3.63, 3.8) is 0 Å². The van der Waals surface area contributed by atoms with Gasteiger partial charge in [0.2, 0.25) is 4.88 Å². The van der Waals surface area contributed by atoms with Crippen LogP contribution in [0.1, 0.15) is 23.7 Å². The molecule has 1 aliphatic rings. The lowest BCUT2D eigenvalue weighted by atomic mass is 10.1. The van der Waals surface area contributed by atoms with Crippen LogP contribution in [0, 0.1) is 0 Å². The zero-order valence-electron chi connectivity index (χ0n) is 12.6. The standard InChI is InChI=1S/C18H14ClNO3S/c19-15-3-1-2-14-13(15)8-9-16(14)23-12-6-4-11(5-7-12)17-10-18(21)20-24(17)22/h1-7,10,16H,8-9H2,(H,20,21). The summed E-state index contributed by atoms with van der Waals surface area (Å²) in [6.07, 6.45) is 1.81. The summed E-state index contributed by atoms with van der Waals surface area (Å²) >= 11 is 6.23. The minimum Gasteiger partial charge on any atom is -0.568 e. The molecule has 0 saturated carbocycles. The molecule has 24 heavy (non-hydrogen) atoms. The number of nitrogens with zero attached hydrogens (tertiary/aromatic N) is 1. The van der Waals surface area contributed by atoms with Gasteiger partial charge < -0.3 is 14.4 Å². The van der Waals surface area contributed by atoms with Gasteiger partial charge in [0.15, 0.2) is 0 Å². The number of hydrogen-bond acceptors (Lipinski definition) is 4. The number of aromatic hydroxyl groups is 1. The highest BCUT2D eigenvalue weighted by molar-refractivity contribution is 7.23. The molecule has 0 aliphatic heterocycles. The maximum Gasteiger partial charge on any atom is 0.270 e. The number of hydrogen-bond donors (Lipinski definition) is 1. The molecule has 0 fully saturated rings. The van der Waals surface area contributed by atoms with Crippen LogP contribution in [0.15, 0.2) is 48.5 Å². The maximum absolute atomic E-state index is 11.8. The predicted molar refractivity (Wildman–Crippen MR) is 93.1 cm³/mol. The van der Waals surface area contributed by atoms with Gasteiger partial charge in [-0.3, -0.25) is 0 Å². The molecule has 0 radical (unpaired) electrons. The molecule has 2 unspecified atom stereocenters. The average Bonchev–Trinajstić information content (AvgIpc) is 3.12. The van der Waals surface area contributed by atoms with Crippen LogP contribution in [0.2, 0.25) is 5.02 Å². The second kappa shape index (κ2) is 6.09. The molecule has 0 spiro atoms. The summed E-state index contributed by atoms with van der Waals surface area (Å²) in [4.78, 5) is 0.497. The first-order valence-electron chi connectivity index (χ1n) is 7.57. The van der Waals surface area contributed by atoms with Crippen molar-refractivity contribution < 1.29 is 14.4 Å². The molecule has 6 heteroatoms. The van der Waals surface area contributed by atoms with Gasteiger partial charge in [0, 0.05) is 15.0 Å². The molecule has 1 aromatic heterocycles. The van der Waals surface area contributed by atoms with Crippen LogP contribution >= 0.6 is 22.5 Å². The van der Waals surface area contributed by atoms with Crippen molar-refractivity contribution in [3.05, 3.63) is 64.7 Å². The Morgan fingerprint density at radius 1 is 1.21 bits per heavy atom. The quantitative estimate of drug-likeness (QED) is 0.675. The molecule has 1 heterocycles. The molecule has 0 saturated heterocycles. The fourth-order valence-corrected chi connectivity index (χ4v) is 4.21. The van der Waals surface area contributed by atoms with Crippen molar-refractivity contribution >= 4 is 22.5 Å². The van der Waals surface area contributed by atoms with Crippen LogP contribution in [0.4, 0.5) is 0 Å². The van der Waals surface area contributed by atoms with Crippen LogP contribution < -0.4 is 4.74 Å². The third-order valence-corrected chi connectivity index (χ3v) is 5.64. The van der Waals surface area contributed by atoms with E-state index in [1.807, 2.05) is 36.4 Å². The van der Waals surface area contributed by atoms with Crippen molar-refractivity contribution in [2.45, 2.75) is 18.9 Å². The summed E-state index contributed by atoms with van der Waals surface area (Å²) in [5.41, 5.74) is 3.06. The third-order valence-electron chi connectivity index (χ3n) is 4.20. The largest absolute Gasteiger partial charge is 0.568 e. The molecule has 2 atom stereocenters. The highest BCUT2D eigenvalue weighted by Crippen LogP contribution is 2.39.